The van der Waals surface area contributed by atoms with E-state index in [9.17, 15) is 9.59 Å². The number of carbonyl (C=O) groups excluding carboxylic acids is 1. The van der Waals surface area contributed by atoms with Gasteiger partial charge in [-0.3, -0.25) is 9.59 Å². The zero-order chi connectivity index (χ0) is 18.0. The molecule has 134 valence electrons. The standard InChI is InChI=1S/C17H23N5O3/c1-4-22-14(23)8-7-13(19-22)17(24)21-9-5-6-12(10-21)15-18-16(11(2)3)25-20-15/h7-8,11-12H,4-6,9-10H2,1-3H3/t12-/m0/s1. The highest BCUT2D eigenvalue weighted by atomic mass is 16.5. The zero-order valence-corrected chi connectivity index (χ0v) is 14.8. The number of amides is 1. The van der Waals surface area contributed by atoms with Crippen molar-refractivity contribution in [2.24, 2.45) is 0 Å². The van der Waals surface area contributed by atoms with Gasteiger partial charge in [0.25, 0.3) is 11.5 Å². The Balaban J connectivity index is 1.76. The lowest BCUT2D eigenvalue weighted by atomic mass is 9.97. The van der Waals surface area contributed by atoms with Gasteiger partial charge in [0.2, 0.25) is 5.89 Å². The first-order valence-electron chi connectivity index (χ1n) is 8.70. The number of aromatic nitrogens is 4. The molecule has 8 heteroatoms. The van der Waals surface area contributed by atoms with Gasteiger partial charge in [-0.25, -0.2) is 4.68 Å². The molecule has 3 rings (SSSR count). The molecule has 1 aliphatic rings. The van der Waals surface area contributed by atoms with Gasteiger partial charge in [-0.15, -0.1) is 0 Å². The molecule has 2 aromatic rings. The molecule has 1 atom stereocenters. The van der Waals surface area contributed by atoms with Crippen LogP contribution in [0, 0.1) is 0 Å². The Bertz CT molecular complexity index is 811. The molecule has 2 aromatic heterocycles. The number of aryl methyl sites for hydroxylation is 1. The molecule has 0 N–H and O–H groups in total. The van der Waals surface area contributed by atoms with Crippen molar-refractivity contribution >= 4 is 5.91 Å². The Morgan fingerprint density at radius 1 is 1.40 bits per heavy atom. The normalized spacial score (nSPS) is 17.9. The number of hydrogen-bond acceptors (Lipinski definition) is 6. The third-order valence-electron chi connectivity index (χ3n) is 4.41. The summed E-state index contributed by atoms with van der Waals surface area (Å²) in [6, 6.07) is 2.88. The second-order valence-electron chi connectivity index (χ2n) is 6.61. The summed E-state index contributed by atoms with van der Waals surface area (Å²) in [5.41, 5.74) is 0.0849. The summed E-state index contributed by atoms with van der Waals surface area (Å²) in [7, 11) is 0. The molecule has 1 saturated heterocycles. The van der Waals surface area contributed by atoms with Gasteiger partial charge in [0, 0.05) is 37.5 Å². The quantitative estimate of drug-likeness (QED) is 0.838. The molecule has 0 unspecified atom stereocenters. The lowest BCUT2D eigenvalue weighted by Gasteiger charge is -2.31. The predicted octanol–water partition coefficient (Wildman–Crippen LogP) is 1.79. The van der Waals surface area contributed by atoms with Crippen LogP contribution < -0.4 is 5.56 Å². The Hall–Kier alpha value is -2.51. The number of nitrogens with zero attached hydrogens (tertiary/aromatic N) is 5. The molecule has 1 fully saturated rings. The van der Waals surface area contributed by atoms with E-state index in [4.69, 9.17) is 4.52 Å². The van der Waals surface area contributed by atoms with Gasteiger partial charge in [0.1, 0.15) is 5.69 Å². The first-order chi connectivity index (χ1) is 12.0. The van der Waals surface area contributed by atoms with E-state index >= 15 is 0 Å². The number of hydrogen-bond donors (Lipinski definition) is 0. The van der Waals surface area contributed by atoms with Crippen molar-refractivity contribution in [1.82, 2.24) is 24.8 Å². The van der Waals surface area contributed by atoms with Crippen LogP contribution >= 0.6 is 0 Å². The van der Waals surface area contributed by atoms with Crippen LogP contribution in [0.4, 0.5) is 0 Å². The van der Waals surface area contributed by atoms with Crippen molar-refractivity contribution in [3.63, 3.8) is 0 Å². The maximum absolute atomic E-state index is 12.8. The van der Waals surface area contributed by atoms with Crippen molar-refractivity contribution < 1.29 is 9.32 Å². The monoisotopic (exact) mass is 345 g/mol. The number of piperidine rings is 1. The molecule has 0 saturated carbocycles. The maximum Gasteiger partial charge on any atom is 0.274 e. The van der Waals surface area contributed by atoms with Crippen molar-refractivity contribution in [3.05, 3.63) is 39.9 Å². The number of rotatable bonds is 4. The fourth-order valence-corrected chi connectivity index (χ4v) is 2.97. The molecule has 0 radical (unpaired) electrons. The Labute approximate surface area is 145 Å². The summed E-state index contributed by atoms with van der Waals surface area (Å²) in [6.45, 7) is 7.45. The lowest BCUT2D eigenvalue weighted by molar-refractivity contribution is 0.0694. The van der Waals surface area contributed by atoms with E-state index in [2.05, 4.69) is 15.2 Å². The van der Waals surface area contributed by atoms with Crippen molar-refractivity contribution in [2.75, 3.05) is 13.1 Å². The summed E-state index contributed by atoms with van der Waals surface area (Å²) < 4.78 is 6.58. The highest BCUT2D eigenvalue weighted by Crippen LogP contribution is 2.26. The van der Waals surface area contributed by atoms with Crippen molar-refractivity contribution in [2.45, 2.75) is 52.0 Å². The molecule has 0 spiro atoms. The molecular formula is C17H23N5O3. The van der Waals surface area contributed by atoms with Crippen LogP contribution in [0.15, 0.2) is 21.5 Å². The van der Waals surface area contributed by atoms with Crippen LogP contribution in [0.3, 0.4) is 0 Å². The molecule has 0 bridgehead atoms. The summed E-state index contributed by atoms with van der Waals surface area (Å²) >= 11 is 0. The second-order valence-corrected chi connectivity index (χ2v) is 6.61. The Morgan fingerprint density at radius 3 is 2.88 bits per heavy atom. The average Bonchev–Trinajstić information content (AvgIpc) is 3.12. The minimum absolute atomic E-state index is 0.0611. The molecule has 1 amide bonds. The van der Waals surface area contributed by atoms with Gasteiger partial charge in [-0.2, -0.15) is 10.1 Å². The van der Waals surface area contributed by atoms with Gasteiger partial charge in [-0.05, 0) is 25.8 Å². The lowest BCUT2D eigenvalue weighted by Crippen LogP contribution is -2.40. The molecule has 0 aliphatic carbocycles. The summed E-state index contributed by atoms with van der Waals surface area (Å²) in [5, 5.41) is 8.24. The maximum atomic E-state index is 12.8. The highest BCUT2D eigenvalue weighted by molar-refractivity contribution is 5.92. The van der Waals surface area contributed by atoms with E-state index in [-0.39, 0.29) is 29.0 Å². The van der Waals surface area contributed by atoms with Crippen molar-refractivity contribution in [1.29, 1.82) is 0 Å². The summed E-state index contributed by atoms with van der Waals surface area (Å²) in [4.78, 5) is 30.6. The molecule has 1 aliphatic heterocycles. The molecule has 3 heterocycles. The Kier molecular flexibility index (Phi) is 4.96. The van der Waals surface area contributed by atoms with Crippen molar-refractivity contribution in [3.8, 4) is 0 Å². The van der Waals surface area contributed by atoms with Crippen LogP contribution in [0.2, 0.25) is 0 Å². The summed E-state index contributed by atoms with van der Waals surface area (Å²) in [6.07, 6.45) is 1.79. The van der Waals surface area contributed by atoms with E-state index in [1.807, 2.05) is 20.8 Å². The van der Waals surface area contributed by atoms with Crippen LogP contribution in [0.25, 0.3) is 0 Å². The molecule has 8 nitrogen and oxygen atoms in total. The third kappa shape index (κ3) is 3.62. The van der Waals surface area contributed by atoms with Gasteiger partial charge in [0.15, 0.2) is 5.82 Å². The molecule has 25 heavy (non-hydrogen) atoms. The minimum Gasteiger partial charge on any atom is -0.339 e. The Morgan fingerprint density at radius 2 is 2.20 bits per heavy atom. The molecular weight excluding hydrogens is 322 g/mol. The van der Waals surface area contributed by atoms with E-state index in [0.717, 1.165) is 12.8 Å². The smallest absolute Gasteiger partial charge is 0.274 e. The van der Waals surface area contributed by atoms with Crippen LogP contribution in [-0.4, -0.2) is 43.8 Å². The predicted molar refractivity (Wildman–Crippen MR) is 90.4 cm³/mol. The first-order valence-corrected chi connectivity index (χ1v) is 8.70. The van der Waals surface area contributed by atoms with Crippen LogP contribution in [-0.2, 0) is 6.54 Å². The third-order valence-corrected chi connectivity index (χ3v) is 4.41. The van der Waals surface area contributed by atoms with Crippen LogP contribution in [0.5, 0.6) is 0 Å². The highest BCUT2D eigenvalue weighted by Gasteiger charge is 2.29. The van der Waals surface area contributed by atoms with Gasteiger partial charge >= 0.3 is 0 Å². The average molecular weight is 345 g/mol. The number of likely N-dealkylation sites (tertiary alicyclic amines) is 1. The van der Waals surface area contributed by atoms with Crippen LogP contribution in [0.1, 0.15) is 67.7 Å². The van der Waals surface area contributed by atoms with Gasteiger partial charge in [-0.1, -0.05) is 19.0 Å². The topological polar surface area (TPSA) is 94.1 Å². The second kappa shape index (κ2) is 7.16. The summed E-state index contributed by atoms with van der Waals surface area (Å²) in [5.74, 6) is 1.36. The molecule has 0 aromatic carbocycles. The van der Waals surface area contributed by atoms with Gasteiger partial charge < -0.3 is 9.42 Å². The number of carbonyl (C=O) groups is 1. The fourth-order valence-electron chi connectivity index (χ4n) is 2.97. The van der Waals surface area contributed by atoms with E-state index in [1.165, 1.54) is 16.8 Å². The van der Waals surface area contributed by atoms with E-state index < -0.39 is 0 Å². The van der Waals surface area contributed by atoms with Gasteiger partial charge in [0.05, 0.1) is 0 Å². The minimum atomic E-state index is -0.205. The van der Waals surface area contributed by atoms with E-state index in [1.54, 1.807) is 4.90 Å². The SMILES string of the molecule is CCn1nc(C(=O)N2CCC[C@H](c3noc(C(C)C)n3)C2)ccc1=O. The largest absolute Gasteiger partial charge is 0.339 e. The van der Waals surface area contributed by atoms with E-state index in [0.29, 0.717) is 31.3 Å². The first kappa shape index (κ1) is 17.3. The zero-order valence-electron chi connectivity index (χ0n) is 14.8. The fraction of sp³-hybridized carbons (Fsp3) is 0.588.